The van der Waals surface area contributed by atoms with E-state index in [9.17, 15) is 4.79 Å². The fourth-order valence-corrected chi connectivity index (χ4v) is 2.37. The zero-order chi connectivity index (χ0) is 13.4. The van der Waals surface area contributed by atoms with Gasteiger partial charge in [0.15, 0.2) is 0 Å². The summed E-state index contributed by atoms with van der Waals surface area (Å²) >= 11 is 0. The van der Waals surface area contributed by atoms with Crippen LogP contribution in [0.1, 0.15) is 38.5 Å². The van der Waals surface area contributed by atoms with E-state index in [1.165, 1.54) is 38.5 Å². The summed E-state index contributed by atoms with van der Waals surface area (Å²) < 4.78 is 0. The zero-order valence-corrected chi connectivity index (χ0v) is 10.8. The normalized spacial score (nSPS) is 19.9. The lowest BCUT2D eigenvalue weighted by Gasteiger charge is -2.34. The average molecular weight is 258 g/mol. The maximum absolute atomic E-state index is 12.0. The van der Waals surface area contributed by atoms with Crippen molar-refractivity contribution in [2.45, 2.75) is 38.5 Å². The van der Waals surface area contributed by atoms with Crippen LogP contribution in [-0.4, -0.2) is 64.4 Å². The Hall–Kier alpha value is -0.785. The van der Waals surface area contributed by atoms with Gasteiger partial charge in [0.2, 0.25) is 0 Å². The molecule has 2 fully saturated rings. The van der Waals surface area contributed by atoms with Gasteiger partial charge in [-0.15, -0.1) is 0 Å². The van der Waals surface area contributed by atoms with Crippen molar-refractivity contribution in [2.75, 3.05) is 26.2 Å². The van der Waals surface area contributed by atoms with Crippen molar-refractivity contribution in [2.24, 2.45) is 0 Å². The van der Waals surface area contributed by atoms with E-state index in [1.807, 2.05) is 9.80 Å². The Morgan fingerprint density at radius 1 is 0.722 bits per heavy atom. The topological polar surface area (TPSA) is 84.2 Å². The van der Waals surface area contributed by atoms with Gasteiger partial charge in [0.1, 0.15) is 0 Å². The van der Waals surface area contributed by atoms with Crippen LogP contribution in [0.3, 0.4) is 0 Å². The molecule has 0 saturated carbocycles. The van der Waals surface area contributed by atoms with Crippen LogP contribution >= 0.6 is 0 Å². The Balaban J connectivity index is 0.000000357. The predicted octanol–water partition coefficient (Wildman–Crippen LogP) is 0.0264. The molecule has 104 valence electrons. The minimum absolute atomic E-state index is 0.296. The highest BCUT2D eigenvalue weighted by atomic mass is 16.5. The molecule has 2 amide bonds. The molecule has 0 spiro atoms. The summed E-state index contributed by atoms with van der Waals surface area (Å²) in [5, 5.41) is 21.5. The minimum atomic E-state index is -2.17. The molecular formula is C11H23BN2O4. The molecule has 7 heteroatoms. The van der Waals surface area contributed by atoms with Gasteiger partial charge >= 0.3 is 13.4 Å². The number of nitrogens with zero attached hydrogens (tertiary/aromatic N) is 2. The third-order valence-electron chi connectivity index (χ3n) is 3.25. The summed E-state index contributed by atoms with van der Waals surface area (Å²) in [5.74, 6) is 0. The van der Waals surface area contributed by atoms with Crippen LogP contribution in [0.4, 0.5) is 4.79 Å². The summed E-state index contributed by atoms with van der Waals surface area (Å²) in [6, 6.07) is 0.296. The van der Waals surface area contributed by atoms with Crippen molar-refractivity contribution in [1.82, 2.24) is 9.80 Å². The first-order valence-electron chi connectivity index (χ1n) is 6.69. The van der Waals surface area contributed by atoms with E-state index in [-0.39, 0.29) is 0 Å². The van der Waals surface area contributed by atoms with Gasteiger partial charge in [0, 0.05) is 26.2 Å². The highest BCUT2D eigenvalue weighted by Crippen LogP contribution is 2.15. The molecule has 0 unspecified atom stereocenters. The van der Waals surface area contributed by atoms with Gasteiger partial charge in [0.05, 0.1) is 0 Å². The Morgan fingerprint density at radius 2 is 1.00 bits per heavy atom. The molecule has 6 nitrogen and oxygen atoms in total. The number of rotatable bonds is 0. The van der Waals surface area contributed by atoms with Crippen molar-refractivity contribution in [3.63, 3.8) is 0 Å². The number of urea groups is 1. The van der Waals surface area contributed by atoms with Crippen LogP contribution in [0.25, 0.3) is 0 Å². The van der Waals surface area contributed by atoms with Crippen molar-refractivity contribution in [3.05, 3.63) is 0 Å². The molecule has 0 atom stereocenters. The van der Waals surface area contributed by atoms with E-state index in [0.717, 1.165) is 26.2 Å². The lowest BCUT2D eigenvalue weighted by atomic mass is 10.1. The van der Waals surface area contributed by atoms with Crippen LogP contribution in [-0.2, 0) is 0 Å². The van der Waals surface area contributed by atoms with Gasteiger partial charge < -0.3 is 24.9 Å². The largest absolute Gasteiger partial charge is 0.631 e. The molecule has 2 rings (SSSR count). The van der Waals surface area contributed by atoms with Crippen LogP contribution in [0, 0.1) is 0 Å². The maximum Gasteiger partial charge on any atom is 0.631 e. The molecule has 18 heavy (non-hydrogen) atoms. The van der Waals surface area contributed by atoms with Crippen molar-refractivity contribution in [1.29, 1.82) is 0 Å². The second-order valence-corrected chi connectivity index (χ2v) is 4.72. The number of hydrogen-bond donors (Lipinski definition) is 3. The monoisotopic (exact) mass is 258 g/mol. The molecule has 0 bridgehead atoms. The first-order chi connectivity index (χ1) is 8.61. The van der Waals surface area contributed by atoms with E-state index in [4.69, 9.17) is 15.1 Å². The lowest BCUT2D eigenvalue weighted by molar-refractivity contribution is 0.135. The summed E-state index contributed by atoms with van der Waals surface area (Å²) in [6.07, 6.45) is 7.37. The number of carbonyl (C=O) groups is 1. The van der Waals surface area contributed by atoms with Crippen molar-refractivity contribution >= 4 is 13.4 Å². The third kappa shape index (κ3) is 5.70. The van der Waals surface area contributed by atoms with Crippen LogP contribution in [0.2, 0.25) is 0 Å². The minimum Gasteiger partial charge on any atom is -0.402 e. The Morgan fingerprint density at radius 3 is 1.28 bits per heavy atom. The van der Waals surface area contributed by atoms with Gasteiger partial charge in [0.25, 0.3) is 0 Å². The van der Waals surface area contributed by atoms with Gasteiger partial charge in [-0.25, -0.2) is 4.79 Å². The van der Waals surface area contributed by atoms with Crippen molar-refractivity contribution < 1.29 is 19.9 Å². The number of amides is 2. The lowest BCUT2D eigenvalue weighted by Crippen LogP contribution is -2.47. The van der Waals surface area contributed by atoms with E-state index in [1.54, 1.807) is 0 Å². The molecule has 3 N–H and O–H groups in total. The number of carbonyl (C=O) groups excluding carboxylic acids is 1. The van der Waals surface area contributed by atoms with Crippen LogP contribution < -0.4 is 0 Å². The molecule has 0 aromatic heterocycles. The fourth-order valence-electron chi connectivity index (χ4n) is 2.37. The quantitative estimate of drug-likeness (QED) is 0.535. The zero-order valence-electron chi connectivity index (χ0n) is 10.8. The number of likely N-dealkylation sites (tertiary alicyclic amines) is 2. The van der Waals surface area contributed by atoms with Gasteiger partial charge in [-0.1, -0.05) is 0 Å². The number of piperidine rings is 2. The molecular weight excluding hydrogens is 235 g/mol. The van der Waals surface area contributed by atoms with Gasteiger partial charge in [-0.2, -0.15) is 0 Å². The molecule has 2 heterocycles. The smallest absolute Gasteiger partial charge is 0.402 e. The second-order valence-electron chi connectivity index (χ2n) is 4.72. The highest BCUT2D eigenvalue weighted by Gasteiger charge is 2.23. The van der Waals surface area contributed by atoms with Crippen LogP contribution in [0.15, 0.2) is 0 Å². The first kappa shape index (κ1) is 15.3. The molecule has 2 aliphatic rings. The average Bonchev–Trinajstić information content (AvgIpc) is 2.39. The van der Waals surface area contributed by atoms with E-state index in [2.05, 4.69) is 0 Å². The van der Waals surface area contributed by atoms with Crippen molar-refractivity contribution in [3.8, 4) is 0 Å². The summed E-state index contributed by atoms with van der Waals surface area (Å²) in [7, 11) is -2.17. The van der Waals surface area contributed by atoms with E-state index >= 15 is 0 Å². The molecule has 2 saturated heterocycles. The fraction of sp³-hybridized carbons (Fsp3) is 0.909. The molecule has 0 aromatic carbocycles. The Kier molecular flexibility index (Phi) is 7.08. The molecule has 2 aliphatic heterocycles. The molecule has 0 radical (unpaired) electrons. The van der Waals surface area contributed by atoms with Gasteiger partial charge in [-0.3, -0.25) is 0 Å². The van der Waals surface area contributed by atoms with Gasteiger partial charge in [-0.05, 0) is 38.5 Å². The Labute approximate surface area is 108 Å². The summed E-state index contributed by atoms with van der Waals surface area (Å²) in [5.41, 5.74) is 0. The second kappa shape index (κ2) is 8.34. The van der Waals surface area contributed by atoms with Crippen LogP contribution in [0.5, 0.6) is 0 Å². The number of hydrogen-bond acceptors (Lipinski definition) is 4. The highest BCUT2D eigenvalue weighted by molar-refractivity contribution is 6.30. The summed E-state index contributed by atoms with van der Waals surface area (Å²) in [4.78, 5) is 16.1. The van der Waals surface area contributed by atoms with E-state index in [0.29, 0.717) is 6.03 Å². The Bertz CT molecular complexity index is 218. The van der Waals surface area contributed by atoms with E-state index < -0.39 is 7.32 Å². The maximum atomic E-state index is 12.0. The first-order valence-corrected chi connectivity index (χ1v) is 6.69. The SMILES string of the molecule is O=C(N1CCCCC1)N1CCCCC1.OB(O)O. The standard InChI is InChI=1S/C11H20N2O.BH3O3/c14-11(12-7-3-1-4-8-12)13-9-5-2-6-10-13;2-1(3)4/h1-10H2;2-4H. The third-order valence-corrected chi connectivity index (χ3v) is 3.25. The molecule has 0 aromatic rings. The summed E-state index contributed by atoms with van der Waals surface area (Å²) in [6.45, 7) is 3.93. The predicted molar refractivity (Wildman–Crippen MR) is 68.7 cm³/mol. The molecule has 0 aliphatic carbocycles.